The van der Waals surface area contributed by atoms with Crippen LogP contribution in [-0.2, 0) is 9.53 Å². The second-order valence-corrected chi connectivity index (χ2v) is 5.91. The fourth-order valence-corrected chi connectivity index (χ4v) is 2.93. The molecule has 2 heterocycles. The lowest BCUT2D eigenvalue weighted by Gasteiger charge is -2.26. The van der Waals surface area contributed by atoms with Gasteiger partial charge in [-0.05, 0) is 68.8 Å². The maximum atomic E-state index is 10.8. The Morgan fingerprint density at radius 1 is 1.09 bits per heavy atom. The van der Waals surface area contributed by atoms with Crippen LogP contribution >= 0.6 is 0 Å². The van der Waals surface area contributed by atoms with Crippen molar-refractivity contribution in [3.05, 3.63) is 47.7 Å². The van der Waals surface area contributed by atoms with E-state index in [2.05, 4.69) is 4.90 Å². The number of carbonyl (C=O) groups is 1. The summed E-state index contributed by atoms with van der Waals surface area (Å²) in [6.07, 6.45) is 9.18. The van der Waals surface area contributed by atoms with E-state index in [9.17, 15) is 4.79 Å². The minimum Gasteiger partial charge on any atom is -0.492 e. The van der Waals surface area contributed by atoms with Gasteiger partial charge in [0.1, 0.15) is 18.1 Å². The number of nitrogens with zero attached hydrogens (tertiary/aromatic N) is 1. The van der Waals surface area contributed by atoms with Gasteiger partial charge in [0.05, 0.1) is 0 Å². The van der Waals surface area contributed by atoms with Crippen molar-refractivity contribution in [2.24, 2.45) is 0 Å². The van der Waals surface area contributed by atoms with Gasteiger partial charge in [0, 0.05) is 12.1 Å². The first-order chi connectivity index (χ1) is 11.3. The molecule has 0 atom stereocenters. The van der Waals surface area contributed by atoms with Crippen molar-refractivity contribution < 1.29 is 14.3 Å². The third-order valence-electron chi connectivity index (χ3n) is 4.23. The molecule has 1 saturated heterocycles. The minimum atomic E-state index is 0.379. The largest absolute Gasteiger partial charge is 0.492 e. The smallest absolute Gasteiger partial charge is 0.185 e. The number of benzene rings is 1. The van der Waals surface area contributed by atoms with Crippen LogP contribution in [0.4, 0.5) is 0 Å². The van der Waals surface area contributed by atoms with Crippen LogP contribution in [0.1, 0.15) is 31.2 Å². The van der Waals surface area contributed by atoms with Crippen molar-refractivity contribution in [3.8, 4) is 5.75 Å². The van der Waals surface area contributed by atoms with Crippen molar-refractivity contribution in [2.75, 3.05) is 26.2 Å². The van der Waals surface area contributed by atoms with Crippen LogP contribution in [0.15, 0.2) is 42.2 Å². The first-order valence-corrected chi connectivity index (χ1v) is 8.34. The van der Waals surface area contributed by atoms with Gasteiger partial charge in [-0.2, -0.15) is 0 Å². The van der Waals surface area contributed by atoms with Crippen LogP contribution in [0.25, 0.3) is 5.76 Å². The van der Waals surface area contributed by atoms with Gasteiger partial charge in [0.15, 0.2) is 12.0 Å². The molecule has 0 saturated carbocycles. The molecule has 3 rings (SSSR count). The Morgan fingerprint density at radius 2 is 1.87 bits per heavy atom. The Hall–Kier alpha value is -2.07. The lowest BCUT2D eigenvalue weighted by molar-refractivity contribution is -0.106. The number of piperidine rings is 1. The average Bonchev–Trinajstić information content (AvgIpc) is 2.63. The molecule has 122 valence electrons. The summed E-state index contributed by atoms with van der Waals surface area (Å²) in [7, 11) is 0. The standard InChI is InChI=1S/C19H23NO3/c21-15-18-5-4-6-19(23-18)16-7-9-17(10-8-16)22-14-13-20-11-2-1-3-12-20/h5-10,15H,1-4,11-14H2. The van der Waals surface area contributed by atoms with Crippen LogP contribution in [0.2, 0.25) is 0 Å². The molecule has 4 nitrogen and oxygen atoms in total. The van der Waals surface area contributed by atoms with Crippen molar-refractivity contribution in [2.45, 2.75) is 25.7 Å². The molecule has 0 N–H and O–H groups in total. The molecular formula is C19H23NO3. The lowest BCUT2D eigenvalue weighted by atomic mass is 10.1. The second-order valence-electron chi connectivity index (χ2n) is 5.91. The van der Waals surface area contributed by atoms with E-state index in [1.165, 1.54) is 32.4 Å². The summed E-state index contributed by atoms with van der Waals surface area (Å²) in [5.74, 6) is 1.98. The summed E-state index contributed by atoms with van der Waals surface area (Å²) < 4.78 is 11.4. The van der Waals surface area contributed by atoms with Gasteiger partial charge in [-0.3, -0.25) is 9.69 Å². The number of allylic oxidation sites excluding steroid dienone is 3. The number of likely N-dealkylation sites (tertiary alicyclic amines) is 1. The highest BCUT2D eigenvalue weighted by Gasteiger charge is 2.11. The third kappa shape index (κ3) is 4.45. The first-order valence-electron chi connectivity index (χ1n) is 8.34. The zero-order valence-electron chi connectivity index (χ0n) is 13.4. The van der Waals surface area contributed by atoms with E-state index >= 15 is 0 Å². The monoisotopic (exact) mass is 313 g/mol. The summed E-state index contributed by atoms with van der Waals surface area (Å²) in [6.45, 7) is 4.10. The predicted octanol–water partition coefficient (Wildman–Crippen LogP) is 3.40. The minimum absolute atomic E-state index is 0.379. The Balaban J connectivity index is 1.49. The molecule has 0 spiro atoms. The highest BCUT2D eigenvalue weighted by atomic mass is 16.5. The molecular weight excluding hydrogens is 290 g/mol. The van der Waals surface area contributed by atoms with Gasteiger partial charge in [-0.25, -0.2) is 0 Å². The summed E-state index contributed by atoms with van der Waals surface area (Å²) in [4.78, 5) is 13.3. The Bertz CT molecular complexity index is 583. The normalized spacial score (nSPS) is 18.6. The highest BCUT2D eigenvalue weighted by molar-refractivity contribution is 5.75. The van der Waals surface area contributed by atoms with E-state index in [1.807, 2.05) is 30.3 Å². The van der Waals surface area contributed by atoms with E-state index in [0.29, 0.717) is 5.76 Å². The van der Waals surface area contributed by atoms with Gasteiger partial charge in [0.2, 0.25) is 0 Å². The molecule has 2 aliphatic heterocycles. The fraction of sp³-hybridized carbons (Fsp3) is 0.421. The summed E-state index contributed by atoms with van der Waals surface area (Å²) in [5, 5.41) is 0. The van der Waals surface area contributed by atoms with Gasteiger partial charge in [-0.1, -0.05) is 6.42 Å². The Labute approximate surface area is 137 Å². The summed E-state index contributed by atoms with van der Waals surface area (Å²) in [6, 6.07) is 7.84. The van der Waals surface area contributed by atoms with E-state index in [-0.39, 0.29) is 0 Å². The molecule has 23 heavy (non-hydrogen) atoms. The second kappa shape index (κ2) is 7.97. The van der Waals surface area contributed by atoms with Gasteiger partial charge in [0.25, 0.3) is 0 Å². The van der Waals surface area contributed by atoms with Crippen molar-refractivity contribution >= 4 is 12.0 Å². The number of carbonyl (C=O) groups excluding carboxylic acids is 1. The molecule has 1 aromatic rings. The van der Waals surface area contributed by atoms with Gasteiger partial charge >= 0.3 is 0 Å². The predicted molar refractivity (Wildman–Crippen MR) is 90.1 cm³/mol. The van der Waals surface area contributed by atoms with E-state index in [1.54, 1.807) is 6.08 Å². The number of hydrogen-bond acceptors (Lipinski definition) is 4. The van der Waals surface area contributed by atoms with Crippen molar-refractivity contribution in [3.63, 3.8) is 0 Å². The van der Waals surface area contributed by atoms with E-state index in [4.69, 9.17) is 9.47 Å². The zero-order chi connectivity index (χ0) is 15.9. The molecule has 1 aromatic carbocycles. The topological polar surface area (TPSA) is 38.8 Å². The average molecular weight is 313 g/mol. The van der Waals surface area contributed by atoms with E-state index < -0.39 is 0 Å². The van der Waals surface area contributed by atoms with E-state index in [0.717, 1.165) is 42.9 Å². The lowest BCUT2D eigenvalue weighted by Crippen LogP contribution is -2.33. The molecule has 1 fully saturated rings. The number of rotatable bonds is 6. The Morgan fingerprint density at radius 3 is 2.61 bits per heavy atom. The molecule has 0 aromatic heterocycles. The summed E-state index contributed by atoms with van der Waals surface area (Å²) >= 11 is 0. The molecule has 0 radical (unpaired) electrons. The van der Waals surface area contributed by atoms with Gasteiger partial charge in [-0.15, -0.1) is 0 Å². The van der Waals surface area contributed by atoms with Crippen LogP contribution in [0.3, 0.4) is 0 Å². The molecule has 2 aliphatic rings. The van der Waals surface area contributed by atoms with Crippen molar-refractivity contribution in [1.82, 2.24) is 4.90 Å². The number of aldehydes is 1. The quantitative estimate of drug-likeness (QED) is 0.755. The maximum Gasteiger partial charge on any atom is 0.185 e. The van der Waals surface area contributed by atoms with Crippen LogP contribution in [0, 0.1) is 0 Å². The Kier molecular flexibility index (Phi) is 5.48. The molecule has 0 aliphatic carbocycles. The van der Waals surface area contributed by atoms with Crippen LogP contribution < -0.4 is 4.74 Å². The number of ether oxygens (including phenoxy) is 2. The first kappa shape index (κ1) is 15.8. The van der Waals surface area contributed by atoms with Crippen LogP contribution in [0.5, 0.6) is 5.75 Å². The fourth-order valence-electron chi connectivity index (χ4n) is 2.93. The van der Waals surface area contributed by atoms with Gasteiger partial charge < -0.3 is 9.47 Å². The SMILES string of the molecule is O=CC1=CCC=C(c2ccc(OCCN3CCCCC3)cc2)O1. The zero-order valence-corrected chi connectivity index (χ0v) is 13.4. The number of hydrogen-bond donors (Lipinski definition) is 0. The highest BCUT2D eigenvalue weighted by Crippen LogP contribution is 2.25. The molecule has 0 amide bonds. The maximum absolute atomic E-state index is 10.8. The third-order valence-corrected chi connectivity index (χ3v) is 4.23. The molecule has 0 unspecified atom stereocenters. The molecule has 0 bridgehead atoms. The summed E-state index contributed by atoms with van der Waals surface area (Å²) in [5.41, 5.74) is 0.959. The molecule has 4 heteroatoms. The van der Waals surface area contributed by atoms with Crippen LogP contribution in [-0.4, -0.2) is 37.4 Å². The van der Waals surface area contributed by atoms with Crippen molar-refractivity contribution in [1.29, 1.82) is 0 Å².